The van der Waals surface area contributed by atoms with Crippen molar-refractivity contribution in [1.29, 1.82) is 0 Å². The van der Waals surface area contributed by atoms with Crippen molar-refractivity contribution in [2.45, 2.75) is 20.3 Å². The fourth-order valence-corrected chi connectivity index (χ4v) is 3.17. The molecule has 0 atom stereocenters. The Kier molecular flexibility index (Phi) is 5.31. The second kappa shape index (κ2) is 7.63. The van der Waals surface area contributed by atoms with Gasteiger partial charge in [0.1, 0.15) is 5.01 Å². The van der Waals surface area contributed by atoms with Crippen molar-refractivity contribution in [2.24, 2.45) is 0 Å². The van der Waals surface area contributed by atoms with Gasteiger partial charge in [-0.3, -0.25) is 4.79 Å². The van der Waals surface area contributed by atoms with Crippen molar-refractivity contribution >= 4 is 45.4 Å². The van der Waals surface area contributed by atoms with Gasteiger partial charge < -0.3 is 10.6 Å². The molecule has 2 aromatic carbocycles. The number of hydrogen-bond donors (Lipinski definition) is 2. The lowest BCUT2D eigenvalue weighted by Gasteiger charge is -2.05. The third-order valence-corrected chi connectivity index (χ3v) is 4.75. The number of rotatable bonds is 5. The number of anilines is 3. The molecule has 0 fully saturated rings. The second-order valence-corrected chi connectivity index (χ2v) is 7.15. The zero-order valence-electron chi connectivity index (χ0n) is 13.8. The summed E-state index contributed by atoms with van der Waals surface area (Å²) in [5.41, 5.74) is 3.74. The Labute approximate surface area is 155 Å². The molecule has 0 radical (unpaired) electrons. The summed E-state index contributed by atoms with van der Waals surface area (Å²) in [7, 11) is 0. The van der Waals surface area contributed by atoms with E-state index in [-0.39, 0.29) is 12.3 Å². The third kappa shape index (κ3) is 4.78. The molecule has 3 rings (SSSR count). The van der Waals surface area contributed by atoms with Gasteiger partial charge in [0, 0.05) is 16.4 Å². The van der Waals surface area contributed by atoms with Crippen LogP contribution in [0.2, 0.25) is 5.02 Å². The van der Waals surface area contributed by atoms with Gasteiger partial charge in [0.2, 0.25) is 11.0 Å². The first-order valence-electron chi connectivity index (χ1n) is 7.72. The van der Waals surface area contributed by atoms with E-state index in [0.29, 0.717) is 20.8 Å². The van der Waals surface area contributed by atoms with E-state index in [1.54, 1.807) is 6.07 Å². The van der Waals surface area contributed by atoms with Gasteiger partial charge in [-0.25, -0.2) is 0 Å². The number of hydrogen-bond acceptors (Lipinski definition) is 5. The maximum absolute atomic E-state index is 12.2. The summed E-state index contributed by atoms with van der Waals surface area (Å²) in [6, 6.07) is 13.4. The molecule has 1 heterocycles. The summed E-state index contributed by atoms with van der Waals surface area (Å²) in [6.07, 6.45) is 0.165. The highest BCUT2D eigenvalue weighted by Crippen LogP contribution is 2.23. The van der Waals surface area contributed by atoms with Crippen molar-refractivity contribution in [3.05, 3.63) is 63.6 Å². The normalized spacial score (nSPS) is 10.5. The minimum Gasteiger partial charge on any atom is -0.330 e. The van der Waals surface area contributed by atoms with E-state index in [4.69, 9.17) is 11.6 Å². The van der Waals surface area contributed by atoms with Crippen molar-refractivity contribution in [3.8, 4) is 0 Å². The Bertz CT molecular complexity index is 910. The van der Waals surface area contributed by atoms with Crippen molar-refractivity contribution in [1.82, 2.24) is 10.2 Å². The molecule has 0 spiro atoms. The maximum Gasteiger partial charge on any atom is 0.231 e. The molecule has 0 saturated carbocycles. The van der Waals surface area contributed by atoms with Gasteiger partial charge in [0.15, 0.2) is 0 Å². The first-order chi connectivity index (χ1) is 12.0. The van der Waals surface area contributed by atoms with Crippen LogP contribution in [0.4, 0.5) is 16.5 Å². The number of nitrogens with zero attached hydrogens (tertiary/aromatic N) is 2. The molecule has 128 valence electrons. The highest BCUT2D eigenvalue weighted by molar-refractivity contribution is 7.15. The molecule has 7 heteroatoms. The van der Waals surface area contributed by atoms with Gasteiger partial charge in [-0.1, -0.05) is 41.1 Å². The topological polar surface area (TPSA) is 66.9 Å². The number of amides is 1. The van der Waals surface area contributed by atoms with Gasteiger partial charge in [0.05, 0.1) is 6.42 Å². The molecule has 1 aromatic heterocycles. The molecule has 5 nitrogen and oxygen atoms in total. The summed E-state index contributed by atoms with van der Waals surface area (Å²) in [4.78, 5) is 12.2. The largest absolute Gasteiger partial charge is 0.330 e. The minimum absolute atomic E-state index is 0.154. The fraction of sp³-hybridized carbons (Fsp3) is 0.167. The van der Waals surface area contributed by atoms with Crippen LogP contribution in [0.5, 0.6) is 0 Å². The number of halogens is 1. The Balaban J connectivity index is 1.60. The van der Waals surface area contributed by atoms with Crippen LogP contribution < -0.4 is 10.6 Å². The van der Waals surface area contributed by atoms with Gasteiger partial charge in [-0.05, 0) is 49.2 Å². The van der Waals surface area contributed by atoms with Crippen LogP contribution in [0.1, 0.15) is 16.1 Å². The predicted octanol–water partition coefficient (Wildman–Crippen LogP) is 4.73. The van der Waals surface area contributed by atoms with E-state index in [2.05, 4.69) is 20.8 Å². The first-order valence-corrected chi connectivity index (χ1v) is 8.91. The predicted molar refractivity (Wildman–Crippen MR) is 103 cm³/mol. The number of carbonyl (C=O) groups excluding carboxylic acids is 1. The van der Waals surface area contributed by atoms with Crippen LogP contribution in [0.3, 0.4) is 0 Å². The molecule has 0 aliphatic heterocycles. The number of nitrogens with one attached hydrogen (secondary N) is 2. The molecule has 1 amide bonds. The molecule has 0 aliphatic rings. The summed E-state index contributed by atoms with van der Waals surface area (Å²) in [6.45, 7) is 3.94. The summed E-state index contributed by atoms with van der Waals surface area (Å²) in [5, 5.41) is 16.1. The van der Waals surface area contributed by atoms with Crippen LogP contribution in [0.25, 0.3) is 0 Å². The van der Waals surface area contributed by atoms with Crippen molar-refractivity contribution in [2.75, 3.05) is 10.6 Å². The average molecular weight is 373 g/mol. The Morgan fingerprint density at radius 2 is 1.96 bits per heavy atom. The van der Waals surface area contributed by atoms with Gasteiger partial charge in [-0.15, -0.1) is 10.2 Å². The Morgan fingerprint density at radius 1 is 1.12 bits per heavy atom. The average Bonchev–Trinajstić information content (AvgIpc) is 2.98. The van der Waals surface area contributed by atoms with E-state index >= 15 is 0 Å². The monoisotopic (exact) mass is 372 g/mol. The van der Waals surface area contributed by atoms with E-state index in [1.807, 2.05) is 50.2 Å². The van der Waals surface area contributed by atoms with Crippen LogP contribution in [-0.2, 0) is 11.2 Å². The van der Waals surface area contributed by atoms with Gasteiger partial charge >= 0.3 is 0 Å². The smallest absolute Gasteiger partial charge is 0.231 e. The van der Waals surface area contributed by atoms with Crippen molar-refractivity contribution < 1.29 is 4.79 Å². The van der Waals surface area contributed by atoms with Crippen LogP contribution >= 0.6 is 22.9 Å². The fourth-order valence-electron chi connectivity index (χ4n) is 2.23. The number of benzene rings is 2. The van der Waals surface area contributed by atoms with Gasteiger partial charge in [0.25, 0.3) is 0 Å². The third-order valence-electron chi connectivity index (χ3n) is 3.50. The molecular weight excluding hydrogens is 356 g/mol. The number of aromatic nitrogens is 2. The molecular formula is C18H17ClN4OS. The standard InChI is InChI=1S/C18H17ClN4OS/c1-11-4-3-5-13(8-11)21-18-23-22-17(25-18)10-16(24)20-14-7-6-12(2)15(19)9-14/h3-9H,10H2,1-2H3,(H,20,24)(H,21,23). The highest BCUT2D eigenvalue weighted by atomic mass is 35.5. The lowest BCUT2D eigenvalue weighted by molar-refractivity contribution is -0.115. The quantitative estimate of drug-likeness (QED) is 0.679. The molecule has 0 unspecified atom stereocenters. The van der Waals surface area contributed by atoms with E-state index in [9.17, 15) is 4.79 Å². The lowest BCUT2D eigenvalue weighted by Crippen LogP contribution is -2.14. The zero-order valence-corrected chi connectivity index (χ0v) is 15.4. The number of aryl methyl sites for hydroxylation is 2. The van der Waals surface area contributed by atoms with Crippen LogP contribution in [-0.4, -0.2) is 16.1 Å². The lowest BCUT2D eigenvalue weighted by atomic mass is 10.2. The summed E-state index contributed by atoms with van der Waals surface area (Å²) >= 11 is 7.43. The van der Waals surface area contributed by atoms with Crippen molar-refractivity contribution in [3.63, 3.8) is 0 Å². The van der Waals surface area contributed by atoms with E-state index in [0.717, 1.165) is 16.8 Å². The highest BCUT2D eigenvalue weighted by Gasteiger charge is 2.10. The molecule has 0 aliphatic carbocycles. The molecule has 0 saturated heterocycles. The van der Waals surface area contributed by atoms with Crippen LogP contribution in [0, 0.1) is 13.8 Å². The van der Waals surface area contributed by atoms with E-state index in [1.165, 1.54) is 11.3 Å². The summed E-state index contributed by atoms with van der Waals surface area (Å²) < 4.78 is 0. The first kappa shape index (κ1) is 17.4. The summed E-state index contributed by atoms with van der Waals surface area (Å²) in [5.74, 6) is -0.154. The van der Waals surface area contributed by atoms with Gasteiger partial charge in [-0.2, -0.15) is 0 Å². The number of carbonyl (C=O) groups is 1. The molecule has 0 bridgehead atoms. The molecule has 2 N–H and O–H groups in total. The minimum atomic E-state index is -0.154. The SMILES string of the molecule is Cc1cccc(Nc2nnc(CC(=O)Nc3ccc(C)c(Cl)c3)s2)c1. The van der Waals surface area contributed by atoms with E-state index < -0.39 is 0 Å². The Hall–Kier alpha value is -2.44. The van der Waals surface area contributed by atoms with Crippen LogP contribution in [0.15, 0.2) is 42.5 Å². The molecule has 3 aromatic rings. The maximum atomic E-state index is 12.2. The molecule has 25 heavy (non-hydrogen) atoms. The second-order valence-electron chi connectivity index (χ2n) is 5.68. The Morgan fingerprint density at radius 3 is 2.72 bits per heavy atom. The zero-order chi connectivity index (χ0) is 17.8.